The quantitative estimate of drug-likeness (QED) is 0.569. The van der Waals surface area contributed by atoms with E-state index in [2.05, 4.69) is 10.3 Å². The number of amides is 1. The first-order valence-electron chi connectivity index (χ1n) is 8.47. The lowest BCUT2D eigenvalue weighted by Crippen LogP contribution is -2.15. The van der Waals surface area contributed by atoms with Crippen LogP contribution in [0.2, 0.25) is 0 Å². The summed E-state index contributed by atoms with van der Waals surface area (Å²) in [5, 5.41) is 3.81. The number of fused-ring (bicyclic) bond motifs is 1. The molecule has 2 aromatic carbocycles. The number of nitrogens with one attached hydrogen (secondary N) is 1. The van der Waals surface area contributed by atoms with Crippen molar-refractivity contribution in [2.75, 3.05) is 5.32 Å². The van der Waals surface area contributed by atoms with E-state index in [1.54, 1.807) is 12.5 Å². The lowest BCUT2D eigenvalue weighted by atomic mass is 10.1. The molecule has 0 unspecified atom stereocenters. The topological polar surface area (TPSA) is 55.1 Å². The van der Waals surface area contributed by atoms with Gasteiger partial charge in [0, 0.05) is 22.7 Å². The highest BCUT2D eigenvalue weighted by Gasteiger charge is 2.11. The molecule has 4 aromatic rings. The molecule has 0 aliphatic carbocycles. The molecule has 26 heavy (non-hydrogen) atoms. The second-order valence-corrected chi connectivity index (χ2v) is 6.28. The number of rotatable bonds is 4. The van der Waals surface area contributed by atoms with Crippen LogP contribution in [0.15, 0.2) is 77.5 Å². The largest absolute Gasteiger partial charge is 0.464 e. The minimum absolute atomic E-state index is 0.117. The summed E-state index contributed by atoms with van der Waals surface area (Å²) < 4.78 is 5.55. The van der Waals surface area contributed by atoms with Gasteiger partial charge in [-0.05, 0) is 36.2 Å². The lowest BCUT2D eigenvalue weighted by Gasteiger charge is -2.05. The summed E-state index contributed by atoms with van der Waals surface area (Å²) in [5.74, 6) is 0.423. The Kier molecular flexibility index (Phi) is 4.23. The molecule has 4 heteroatoms. The number of furan rings is 1. The van der Waals surface area contributed by atoms with Crippen LogP contribution in [0, 0.1) is 6.92 Å². The summed E-state index contributed by atoms with van der Waals surface area (Å²) in [7, 11) is 0. The van der Waals surface area contributed by atoms with Crippen molar-refractivity contribution in [1.29, 1.82) is 0 Å². The van der Waals surface area contributed by atoms with Crippen LogP contribution in [0.3, 0.4) is 0 Å². The van der Waals surface area contributed by atoms with Crippen LogP contribution in [0.25, 0.3) is 22.1 Å². The lowest BCUT2D eigenvalue weighted by molar-refractivity contribution is -0.115. The van der Waals surface area contributed by atoms with E-state index in [9.17, 15) is 4.79 Å². The second kappa shape index (κ2) is 6.84. The van der Waals surface area contributed by atoms with Gasteiger partial charge in [-0.25, -0.2) is 4.98 Å². The summed E-state index contributed by atoms with van der Waals surface area (Å²) >= 11 is 0. The normalized spacial score (nSPS) is 10.8. The Morgan fingerprint density at radius 3 is 2.65 bits per heavy atom. The van der Waals surface area contributed by atoms with Gasteiger partial charge in [0.05, 0.1) is 12.7 Å². The fraction of sp³-hybridized carbons (Fsp3) is 0.0909. The van der Waals surface area contributed by atoms with E-state index in [-0.39, 0.29) is 12.3 Å². The van der Waals surface area contributed by atoms with Crippen LogP contribution in [0.1, 0.15) is 11.1 Å². The van der Waals surface area contributed by atoms with Crippen molar-refractivity contribution in [3.63, 3.8) is 0 Å². The molecule has 1 amide bonds. The fourth-order valence-corrected chi connectivity index (χ4v) is 2.96. The minimum Gasteiger partial charge on any atom is -0.464 e. The van der Waals surface area contributed by atoms with Crippen LogP contribution in [-0.2, 0) is 11.2 Å². The van der Waals surface area contributed by atoms with Gasteiger partial charge in [-0.3, -0.25) is 4.79 Å². The average Bonchev–Trinajstić information content (AvgIpc) is 3.04. The van der Waals surface area contributed by atoms with Crippen LogP contribution in [0.5, 0.6) is 0 Å². The van der Waals surface area contributed by atoms with Gasteiger partial charge in [-0.15, -0.1) is 0 Å². The maximum Gasteiger partial charge on any atom is 0.230 e. The molecule has 0 aliphatic heterocycles. The SMILES string of the molecule is Cc1ccc2c(CC(=O)Nc3ccc(-c4ccccc4)cn3)coc2c1. The molecular weight excluding hydrogens is 324 g/mol. The number of hydrogen-bond acceptors (Lipinski definition) is 3. The molecule has 0 spiro atoms. The molecule has 0 saturated heterocycles. The third kappa shape index (κ3) is 3.35. The number of nitrogens with zero attached hydrogens (tertiary/aromatic N) is 1. The molecule has 0 aliphatic rings. The van der Waals surface area contributed by atoms with E-state index in [1.807, 2.05) is 67.6 Å². The zero-order valence-corrected chi connectivity index (χ0v) is 14.4. The summed E-state index contributed by atoms with van der Waals surface area (Å²) in [6.07, 6.45) is 3.66. The van der Waals surface area contributed by atoms with Crippen molar-refractivity contribution >= 4 is 22.7 Å². The summed E-state index contributed by atoms with van der Waals surface area (Å²) in [6.45, 7) is 2.01. The molecule has 0 radical (unpaired) electrons. The highest BCUT2D eigenvalue weighted by atomic mass is 16.3. The molecule has 0 bridgehead atoms. The van der Waals surface area contributed by atoms with Crippen LogP contribution in [0.4, 0.5) is 5.82 Å². The predicted molar refractivity (Wildman–Crippen MR) is 103 cm³/mol. The molecular formula is C22H18N2O2. The first kappa shape index (κ1) is 16.1. The molecule has 1 N–H and O–H groups in total. The van der Waals surface area contributed by atoms with E-state index in [1.165, 1.54) is 0 Å². The van der Waals surface area contributed by atoms with E-state index in [4.69, 9.17) is 4.42 Å². The third-order valence-electron chi connectivity index (χ3n) is 4.30. The van der Waals surface area contributed by atoms with Crippen LogP contribution in [-0.4, -0.2) is 10.9 Å². The van der Waals surface area contributed by atoms with E-state index < -0.39 is 0 Å². The van der Waals surface area contributed by atoms with E-state index >= 15 is 0 Å². The van der Waals surface area contributed by atoms with Gasteiger partial charge in [-0.2, -0.15) is 0 Å². The van der Waals surface area contributed by atoms with Crippen molar-refractivity contribution in [3.8, 4) is 11.1 Å². The molecule has 0 saturated carbocycles. The number of carbonyl (C=O) groups excluding carboxylic acids is 1. The minimum atomic E-state index is -0.117. The monoisotopic (exact) mass is 342 g/mol. The zero-order valence-electron chi connectivity index (χ0n) is 14.4. The van der Waals surface area contributed by atoms with Crippen molar-refractivity contribution in [2.24, 2.45) is 0 Å². The van der Waals surface area contributed by atoms with E-state index in [0.29, 0.717) is 5.82 Å². The fourth-order valence-electron chi connectivity index (χ4n) is 2.96. The first-order valence-corrected chi connectivity index (χ1v) is 8.47. The molecule has 4 rings (SSSR count). The van der Waals surface area contributed by atoms with Crippen LogP contribution >= 0.6 is 0 Å². The Morgan fingerprint density at radius 2 is 1.88 bits per heavy atom. The van der Waals surface area contributed by atoms with Gasteiger partial charge in [0.2, 0.25) is 5.91 Å². The van der Waals surface area contributed by atoms with Gasteiger partial charge in [0.25, 0.3) is 0 Å². The van der Waals surface area contributed by atoms with Gasteiger partial charge < -0.3 is 9.73 Å². The summed E-state index contributed by atoms with van der Waals surface area (Å²) in [4.78, 5) is 16.7. The maximum absolute atomic E-state index is 12.4. The Bertz CT molecular complexity index is 1050. The Morgan fingerprint density at radius 1 is 1.04 bits per heavy atom. The van der Waals surface area contributed by atoms with Crippen molar-refractivity contribution in [2.45, 2.75) is 13.3 Å². The number of aromatic nitrogens is 1. The highest BCUT2D eigenvalue weighted by Crippen LogP contribution is 2.23. The van der Waals surface area contributed by atoms with Gasteiger partial charge in [0.15, 0.2) is 0 Å². The smallest absolute Gasteiger partial charge is 0.230 e. The average molecular weight is 342 g/mol. The predicted octanol–water partition coefficient (Wildman–Crippen LogP) is 4.98. The second-order valence-electron chi connectivity index (χ2n) is 6.28. The highest BCUT2D eigenvalue weighted by molar-refractivity contribution is 5.94. The summed E-state index contributed by atoms with van der Waals surface area (Å²) in [6, 6.07) is 19.8. The summed E-state index contributed by atoms with van der Waals surface area (Å²) in [5.41, 5.74) is 4.92. The van der Waals surface area contributed by atoms with Crippen LogP contribution < -0.4 is 5.32 Å². The maximum atomic E-state index is 12.4. The van der Waals surface area contributed by atoms with Crippen molar-refractivity contribution < 1.29 is 9.21 Å². The Labute approximate surface area is 151 Å². The third-order valence-corrected chi connectivity index (χ3v) is 4.30. The molecule has 128 valence electrons. The Balaban J connectivity index is 1.46. The zero-order chi connectivity index (χ0) is 17.9. The van der Waals surface area contributed by atoms with Gasteiger partial charge >= 0.3 is 0 Å². The van der Waals surface area contributed by atoms with Crippen molar-refractivity contribution in [1.82, 2.24) is 4.98 Å². The van der Waals surface area contributed by atoms with Crippen molar-refractivity contribution in [3.05, 3.63) is 84.3 Å². The number of pyridine rings is 1. The van der Waals surface area contributed by atoms with Gasteiger partial charge in [-0.1, -0.05) is 42.5 Å². The number of hydrogen-bond donors (Lipinski definition) is 1. The Hall–Kier alpha value is -3.40. The number of anilines is 1. The van der Waals surface area contributed by atoms with Gasteiger partial charge in [0.1, 0.15) is 11.4 Å². The number of benzene rings is 2. The molecule has 2 heterocycles. The first-order chi connectivity index (χ1) is 12.7. The molecule has 0 atom stereocenters. The van der Waals surface area contributed by atoms with E-state index in [0.717, 1.165) is 33.2 Å². The molecule has 2 aromatic heterocycles. The molecule has 0 fully saturated rings. The number of carbonyl (C=O) groups is 1. The number of aryl methyl sites for hydroxylation is 1. The molecule has 4 nitrogen and oxygen atoms in total. The standard InChI is InChI=1S/C22H18N2O2/c1-15-7-9-19-18(14-26-20(19)11-15)12-22(25)24-21-10-8-17(13-23-21)16-5-3-2-4-6-16/h2-11,13-14H,12H2,1H3,(H,23,24,25).